The Morgan fingerprint density at radius 1 is 1.29 bits per heavy atom. The first-order valence-electron chi connectivity index (χ1n) is 7.16. The van der Waals surface area contributed by atoms with Gasteiger partial charge in [0.2, 0.25) is 0 Å². The highest BCUT2D eigenvalue weighted by Gasteiger charge is 2.22. The Bertz CT molecular complexity index is 601. The normalized spacial score (nSPS) is 12.2. The fourth-order valence-corrected chi connectivity index (χ4v) is 2.35. The second-order valence-corrected chi connectivity index (χ2v) is 4.96. The summed E-state index contributed by atoms with van der Waals surface area (Å²) in [5.74, 6) is -0.0805. The van der Waals surface area contributed by atoms with E-state index >= 15 is 0 Å². The van der Waals surface area contributed by atoms with Crippen LogP contribution in [-0.2, 0) is 0 Å². The number of nitrogens with one attached hydrogen (secondary N) is 1. The molecule has 1 unspecified atom stereocenters. The third kappa shape index (κ3) is 3.39. The number of nitrogens with zero attached hydrogens (tertiary/aromatic N) is 1. The van der Waals surface area contributed by atoms with E-state index in [2.05, 4.69) is 17.2 Å². The fourth-order valence-electron chi connectivity index (χ4n) is 2.35. The van der Waals surface area contributed by atoms with Gasteiger partial charge in [0.05, 0.1) is 18.8 Å². The molecule has 0 aliphatic carbocycles. The molecule has 1 N–H and O–H groups in total. The number of hydrogen-bond acceptors (Lipinski definition) is 3. The first kappa shape index (κ1) is 15.4. The maximum Gasteiger partial charge on any atom is 0.170 e. The van der Waals surface area contributed by atoms with Crippen LogP contribution in [0.4, 0.5) is 4.39 Å². The van der Waals surface area contributed by atoms with E-state index in [9.17, 15) is 4.39 Å². The molecule has 0 bridgehead atoms. The van der Waals surface area contributed by atoms with Crippen LogP contribution in [-0.4, -0.2) is 18.6 Å². The van der Waals surface area contributed by atoms with Crippen LogP contribution in [0.5, 0.6) is 5.75 Å². The van der Waals surface area contributed by atoms with Crippen molar-refractivity contribution in [3.05, 3.63) is 59.2 Å². The van der Waals surface area contributed by atoms with Crippen molar-refractivity contribution in [2.75, 3.05) is 13.7 Å². The van der Waals surface area contributed by atoms with E-state index in [4.69, 9.17) is 4.74 Å². The summed E-state index contributed by atoms with van der Waals surface area (Å²) >= 11 is 0. The Morgan fingerprint density at radius 2 is 2.10 bits per heavy atom. The van der Waals surface area contributed by atoms with Gasteiger partial charge in [0, 0.05) is 11.8 Å². The zero-order chi connectivity index (χ0) is 15.2. The van der Waals surface area contributed by atoms with E-state index in [0.29, 0.717) is 5.56 Å². The minimum atomic E-state index is -0.335. The lowest BCUT2D eigenvalue weighted by Gasteiger charge is -2.21. The molecule has 0 saturated heterocycles. The summed E-state index contributed by atoms with van der Waals surface area (Å²) in [5.41, 5.74) is 2.44. The minimum Gasteiger partial charge on any atom is -0.494 e. The summed E-state index contributed by atoms with van der Waals surface area (Å²) in [6.45, 7) is 4.86. The van der Waals surface area contributed by atoms with Gasteiger partial charge < -0.3 is 10.1 Å². The number of methoxy groups -OCH3 is 1. The molecule has 0 saturated carbocycles. The lowest BCUT2D eigenvalue weighted by atomic mass is 9.99. The number of ether oxygens (including phenoxy) is 1. The van der Waals surface area contributed by atoms with Crippen molar-refractivity contribution in [3.8, 4) is 5.75 Å². The van der Waals surface area contributed by atoms with Crippen LogP contribution in [0.2, 0.25) is 0 Å². The summed E-state index contributed by atoms with van der Waals surface area (Å²) in [4.78, 5) is 4.43. The van der Waals surface area contributed by atoms with Crippen LogP contribution in [0.25, 0.3) is 0 Å². The van der Waals surface area contributed by atoms with Gasteiger partial charge >= 0.3 is 0 Å². The van der Waals surface area contributed by atoms with Gasteiger partial charge in [0.25, 0.3) is 0 Å². The van der Waals surface area contributed by atoms with Crippen LogP contribution in [0, 0.1) is 12.7 Å². The van der Waals surface area contributed by atoms with Crippen LogP contribution in [0.1, 0.15) is 36.2 Å². The maximum absolute atomic E-state index is 14.6. The predicted octanol–water partition coefficient (Wildman–Crippen LogP) is 3.63. The molecule has 112 valence electrons. The molecular weight excluding hydrogens is 267 g/mol. The number of pyridine rings is 1. The lowest BCUT2D eigenvalue weighted by molar-refractivity contribution is 0.381. The van der Waals surface area contributed by atoms with E-state index in [1.165, 1.54) is 7.11 Å². The van der Waals surface area contributed by atoms with Crippen LogP contribution < -0.4 is 10.1 Å². The molecule has 1 aromatic heterocycles. The molecule has 1 atom stereocenters. The average Bonchev–Trinajstić information content (AvgIpc) is 2.50. The van der Waals surface area contributed by atoms with Crippen molar-refractivity contribution in [1.29, 1.82) is 0 Å². The summed E-state index contributed by atoms with van der Waals surface area (Å²) in [7, 11) is 1.47. The molecule has 4 heteroatoms. The smallest absolute Gasteiger partial charge is 0.170 e. The molecule has 1 heterocycles. The molecule has 0 aliphatic rings. The first-order valence-corrected chi connectivity index (χ1v) is 7.16. The van der Waals surface area contributed by atoms with Gasteiger partial charge in [-0.15, -0.1) is 0 Å². The van der Waals surface area contributed by atoms with Crippen molar-refractivity contribution in [1.82, 2.24) is 10.3 Å². The van der Waals surface area contributed by atoms with Gasteiger partial charge in [0.15, 0.2) is 11.6 Å². The van der Waals surface area contributed by atoms with E-state index in [0.717, 1.165) is 24.2 Å². The molecule has 0 radical (unpaired) electrons. The Kier molecular flexibility index (Phi) is 5.28. The van der Waals surface area contributed by atoms with Crippen molar-refractivity contribution in [3.63, 3.8) is 0 Å². The Hall–Kier alpha value is -1.94. The highest BCUT2D eigenvalue weighted by molar-refractivity contribution is 5.38. The zero-order valence-electron chi connectivity index (χ0n) is 12.7. The van der Waals surface area contributed by atoms with Crippen LogP contribution >= 0.6 is 0 Å². The average molecular weight is 288 g/mol. The van der Waals surface area contributed by atoms with Crippen molar-refractivity contribution in [2.24, 2.45) is 0 Å². The maximum atomic E-state index is 14.6. The Labute approximate surface area is 125 Å². The topological polar surface area (TPSA) is 34.1 Å². The predicted molar refractivity (Wildman–Crippen MR) is 82.1 cm³/mol. The van der Waals surface area contributed by atoms with E-state index in [1.807, 2.05) is 19.1 Å². The first-order chi connectivity index (χ1) is 10.2. The molecule has 2 rings (SSSR count). The second-order valence-electron chi connectivity index (χ2n) is 4.96. The summed E-state index contributed by atoms with van der Waals surface area (Å²) in [6.07, 6.45) is 2.70. The zero-order valence-corrected chi connectivity index (χ0v) is 12.7. The highest BCUT2D eigenvalue weighted by atomic mass is 19.1. The highest BCUT2D eigenvalue weighted by Crippen LogP contribution is 2.29. The second kappa shape index (κ2) is 7.18. The monoisotopic (exact) mass is 288 g/mol. The van der Waals surface area contributed by atoms with E-state index < -0.39 is 0 Å². The summed E-state index contributed by atoms with van der Waals surface area (Å²) in [6, 6.07) is 8.80. The van der Waals surface area contributed by atoms with Crippen LogP contribution in [0.15, 0.2) is 36.5 Å². The lowest BCUT2D eigenvalue weighted by Crippen LogP contribution is -2.25. The Morgan fingerprint density at radius 3 is 2.76 bits per heavy atom. The van der Waals surface area contributed by atoms with Gasteiger partial charge in [0.1, 0.15) is 0 Å². The molecule has 2 aromatic rings. The largest absolute Gasteiger partial charge is 0.494 e. The van der Waals surface area contributed by atoms with Gasteiger partial charge in [-0.1, -0.05) is 25.1 Å². The summed E-state index contributed by atoms with van der Waals surface area (Å²) in [5, 5.41) is 3.38. The standard InChI is InChI=1S/C17H21FN2O/c1-4-10-19-17(16-12(2)7-6-11-20-16)13-8-5-9-14(21-3)15(13)18/h5-9,11,17,19H,4,10H2,1-3H3. The fraction of sp³-hybridized carbons (Fsp3) is 0.353. The molecule has 0 amide bonds. The Balaban J connectivity index is 2.48. The van der Waals surface area contributed by atoms with Gasteiger partial charge in [-0.2, -0.15) is 0 Å². The van der Waals surface area contributed by atoms with Crippen molar-refractivity contribution in [2.45, 2.75) is 26.3 Å². The minimum absolute atomic E-state index is 0.254. The molecule has 0 spiro atoms. The van der Waals surface area contributed by atoms with E-state index in [1.54, 1.807) is 24.4 Å². The summed E-state index contributed by atoms with van der Waals surface area (Å²) < 4.78 is 19.7. The van der Waals surface area contributed by atoms with Gasteiger partial charge in [-0.25, -0.2) is 4.39 Å². The van der Waals surface area contributed by atoms with Crippen molar-refractivity contribution >= 4 is 0 Å². The molecule has 0 aliphatic heterocycles. The molecule has 21 heavy (non-hydrogen) atoms. The molecular formula is C17H21FN2O. The number of rotatable bonds is 6. The van der Waals surface area contributed by atoms with Gasteiger partial charge in [-0.05, 0) is 37.6 Å². The molecule has 0 fully saturated rings. The number of hydrogen-bond donors (Lipinski definition) is 1. The number of aromatic nitrogens is 1. The number of halogens is 1. The van der Waals surface area contributed by atoms with Gasteiger partial charge in [-0.3, -0.25) is 4.98 Å². The third-order valence-corrected chi connectivity index (χ3v) is 3.45. The van der Waals surface area contributed by atoms with Crippen molar-refractivity contribution < 1.29 is 9.13 Å². The molecule has 3 nitrogen and oxygen atoms in total. The van der Waals surface area contributed by atoms with Crippen LogP contribution in [0.3, 0.4) is 0 Å². The number of aryl methyl sites for hydroxylation is 1. The SMILES string of the molecule is CCCNC(c1cccc(OC)c1F)c1ncccc1C. The van der Waals surface area contributed by atoms with E-state index in [-0.39, 0.29) is 17.6 Å². The quantitative estimate of drug-likeness (QED) is 0.881. The third-order valence-electron chi connectivity index (χ3n) is 3.45. The number of benzene rings is 1. The molecule has 1 aromatic carbocycles.